The van der Waals surface area contributed by atoms with E-state index >= 15 is 0 Å². The van der Waals surface area contributed by atoms with Gasteiger partial charge in [0.2, 0.25) is 0 Å². The highest BCUT2D eigenvalue weighted by Crippen LogP contribution is 2.32. The normalized spacial score (nSPS) is 16.8. The Kier molecular flexibility index (Phi) is 6.88. The van der Waals surface area contributed by atoms with Gasteiger partial charge in [-0.2, -0.15) is 11.8 Å². The Hall–Kier alpha value is -2.86. The van der Waals surface area contributed by atoms with Crippen LogP contribution in [-0.2, 0) is 4.79 Å². The highest BCUT2D eigenvalue weighted by atomic mass is 32.2. The number of ether oxygens (including phenoxy) is 4. The van der Waals surface area contributed by atoms with E-state index in [1.165, 1.54) is 0 Å². The minimum absolute atomic E-state index is 0.0633. The lowest BCUT2D eigenvalue weighted by Crippen LogP contribution is -2.16. The van der Waals surface area contributed by atoms with E-state index in [1.807, 2.05) is 48.6 Å². The van der Waals surface area contributed by atoms with Crippen molar-refractivity contribution in [2.24, 2.45) is 0 Å². The van der Waals surface area contributed by atoms with Crippen LogP contribution in [0.2, 0.25) is 0 Å². The van der Waals surface area contributed by atoms with Crippen LogP contribution in [0.1, 0.15) is 11.1 Å². The van der Waals surface area contributed by atoms with E-state index in [2.05, 4.69) is 0 Å². The van der Waals surface area contributed by atoms with Gasteiger partial charge in [0.25, 0.3) is 0 Å². The molecule has 1 fully saturated rings. The van der Waals surface area contributed by atoms with E-state index in [9.17, 15) is 4.79 Å². The molecule has 2 aromatic rings. The quantitative estimate of drug-likeness (QED) is 0.651. The first-order valence-electron chi connectivity index (χ1n) is 9.07. The lowest BCUT2D eigenvalue weighted by molar-refractivity contribution is -0.112. The van der Waals surface area contributed by atoms with E-state index in [4.69, 9.17) is 18.9 Å². The molecule has 29 heavy (non-hydrogen) atoms. The van der Waals surface area contributed by atoms with E-state index < -0.39 is 0 Å². The number of hydrogen-bond donors (Lipinski definition) is 0. The molecule has 0 spiro atoms. The molecule has 1 saturated heterocycles. The Bertz CT molecular complexity index is 886. The number of Topliss-reactive ketones (excluding diaryl/α,β-unsaturated/α-hetero) is 1. The van der Waals surface area contributed by atoms with Gasteiger partial charge in [-0.1, -0.05) is 12.1 Å². The molecule has 1 heterocycles. The molecule has 0 N–H and O–H groups in total. The van der Waals surface area contributed by atoms with E-state index in [1.54, 1.807) is 40.2 Å². The minimum Gasteiger partial charge on any atom is -0.493 e. The van der Waals surface area contributed by atoms with E-state index in [-0.39, 0.29) is 5.78 Å². The Morgan fingerprint density at radius 3 is 1.48 bits per heavy atom. The number of ketones is 1. The molecule has 6 heteroatoms. The molecule has 0 amide bonds. The van der Waals surface area contributed by atoms with Crippen molar-refractivity contribution >= 4 is 29.7 Å². The van der Waals surface area contributed by atoms with Gasteiger partial charge in [0.15, 0.2) is 28.8 Å². The summed E-state index contributed by atoms with van der Waals surface area (Å²) in [5.74, 6) is 4.01. The van der Waals surface area contributed by atoms with Gasteiger partial charge in [0.05, 0.1) is 28.4 Å². The average molecular weight is 413 g/mol. The van der Waals surface area contributed by atoms with Crippen molar-refractivity contribution in [3.8, 4) is 23.0 Å². The van der Waals surface area contributed by atoms with Crippen molar-refractivity contribution in [2.75, 3.05) is 39.9 Å². The van der Waals surface area contributed by atoms with Gasteiger partial charge in [-0.15, -0.1) is 0 Å². The first-order chi connectivity index (χ1) is 14.1. The van der Waals surface area contributed by atoms with Crippen molar-refractivity contribution in [3.63, 3.8) is 0 Å². The second-order valence-electron chi connectivity index (χ2n) is 6.39. The predicted octanol–water partition coefficient (Wildman–Crippen LogP) is 4.50. The second kappa shape index (κ2) is 9.56. The fraction of sp³-hybridized carbons (Fsp3) is 0.261. The summed E-state index contributed by atoms with van der Waals surface area (Å²) in [7, 11) is 6.39. The summed E-state index contributed by atoms with van der Waals surface area (Å²) < 4.78 is 21.3. The topological polar surface area (TPSA) is 54.0 Å². The Balaban J connectivity index is 1.89. The number of thioether (sulfide) groups is 1. The predicted molar refractivity (Wildman–Crippen MR) is 117 cm³/mol. The van der Waals surface area contributed by atoms with Crippen molar-refractivity contribution in [3.05, 3.63) is 58.7 Å². The monoisotopic (exact) mass is 412 g/mol. The molecule has 0 atom stereocenters. The van der Waals surface area contributed by atoms with Crippen LogP contribution in [0.5, 0.6) is 23.0 Å². The molecule has 0 aliphatic carbocycles. The fourth-order valence-corrected chi connectivity index (χ4v) is 4.08. The van der Waals surface area contributed by atoms with Crippen LogP contribution in [0.25, 0.3) is 12.2 Å². The molecule has 0 saturated carbocycles. The lowest BCUT2D eigenvalue weighted by Gasteiger charge is -2.17. The summed E-state index contributed by atoms with van der Waals surface area (Å²) in [6.45, 7) is 0. The largest absolute Gasteiger partial charge is 0.493 e. The SMILES string of the molecule is COc1ccc(/C=C2/CSC/C(=C/c3ccc(OC)c(OC)c3)C2=O)cc1OC. The van der Waals surface area contributed by atoms with Gasteiger partial charge < -0.3 is 18.9 Å². The van der Waals surface area contributed by atoms with Gasteiger partial charge in [-0.3, -0.25) is 4.79 Å². The van der Waals surface area contributed by atoms with Crippen LogP contribution in [0.4, 0.5) is 0 Å². The molecule has 0 radical (unpaired) electrons. The molecule has 5 nitrogen and oxygen atoms in total. The molecular formula is C23H24O5S. The minimum atomic E-state index is 0.0633. The van der Waals surface area contributed by atoms with Crippen molar-refractivity contribution in [2.45, 2.75) is 0 Å². The maximum Gasteiger partial charge on any atom is 0.186 e. The van der Waals surface area contributed by atoms with Gasteiger partial charge in [-0.25, -0.2) is 0 Å². The van der Waals surface area contributed by atoms with Gasteiger partial charge in [0.1, 0.15) is 0 Å². The summed E-state index contributed by atoms with van der Waals surface area (Å²) in [5, 5.41) is 0. The molecule has 1 aliphatic heterocycles. The summed E-state index contributed by atoms with van der Waals surface area (Å²) in [6, 6.07) is 11.3. The van der Waals surface area contributed by atoms with Gasteiger partial charge >= 0.3 is 0 Å². The van der Waals surface area contributed by atoms with Crippen LogP contribution >= 0.6 is 11.8 Å². The number of carbonyl (C=O) groups is 1. The molecule has 2 aromatic carbocycles. The van der Waals surface area contributed by atoms with Crippen molar-refractivity contribution in [1.82, 2.24) is 0 Å². The summed E-state index contributed by atoms with van der Waals surface area (Å²) in [6.07, 6.45) is 3.83. The Morgan fingerprint density at radius 1 is 0.690 bits per heavy atom. The summed E-state index contributed by atoms with van der Waals surface area (Å²) >= 11 is 1.72. The van der Waals surface area contributed by atoms with Crippen LogP contribution in [0, 0.1) is 0 Å². The Morgan fingerprint density at radius 2 is 1.10 bits per heavy atom. The highest BCUT2D eigenvalue weighted by molar-refractivity contribution is 7.99. The van der Waals surface area contributed by atoms with E-state index in [0.717, 1.165) is 22.3 Å². The lowest BCUT2D eigenvalue weighted by atomic mass is 10.00. The van der Waals surface area contributed by atoms with Crippen molar-refractivity contribution in [1.29, 1.82) is 0 Å². The molecule has 0 aromatic heterocycles. The second-order valence-corrected chi connectivity index (χ2v) is 7.38. The molecule has 0 bridgehead atoms. The number of hydrogen-bond acceptors (Lipinski definition) is 6. The number of carbonyl (C=O) groups excluding carboxylic acids is 1. The zero-order valence-electron chi connectivity index (χ0n) is 17.0. The standard InChI is InChI=1S/C23H24O5S/c1-25-19-7-5-15(11-21(19)27-3)9-17-13-29-14-18(23(17)24)10-16-6-8-20(26-2)22(12-16)28-4/h5-12H,13-14H2,1-4H3/b17-9-,18-10-. The molecule has 3 rings (SSSR count). The van der Waals surface area contributed by atoms with Crippen molar-refractivity contribution < 1.29 is 23.7 Å². The molecule has 1 aliphatic rings. The summed E-state index contributed by atoms with van der Waals surface area (Å²) in [5.41, 5.74) is 3.33. The zero-order valence-corrected chi connectivity index (χ0v) is 17.8. The third-order valence-corrected chi connectivity index (χ3v) is 5.63. The van der Waals surface area contributed by atoms with Gasteiger partial charge in [0, 0.05) is 22.7 Å². The highest BCUT2D eigenvalue weighted by Gasteiger charge is 2.21. The number of benzene rings is 2. The first kappa shape index (κ1) is 20.9. The third kappa shape index (κ3) is 4.77. The average Bonchev–Trinajstić information content (AvgIpc) is 2.76. The first-order valence-corrected chi connectivity index (χ1v) is 10.2. The third-order valence-electron chi connectivity index (χ3n) is 4.60. The van der Waals surface area contributed by atoms with Gasteiger partial charge in [-0.05, 0) is 47.5 Å². The maximum absolute atomic E-state index is 13.0. The van der Waals surface area contributed by atoms with E-state index in [0.29, 0.717) is 34.5 Å². The molecule has 0 unspecified atom stereocenters. The summed E-state index contributed by atoms with van der Waals surface area (Å²) in [4.78, 5) is 13.0. The molecular weight excluding hydrogens is 388 g/mol. The fourth-order valence-electron chi connectivity index (χ4n) is 3.11. The van der Waals surface area contributed by atoms with Crippen LogP contribution in [0.3, 0.4) is 0 Å². The van der Waals surface area contributed by atoms with Crippen LogP contribution in [-0.4, -0.2) is 45.7 Å². The molecule has 152 valence electrons. The maximum atomic E-state index is 13.0. The van der Waals surface area contributed by atoms with Crippen LogP contribution in [0.15, 0.2) is 47.5 Å². The zero-order chi connectivity index (χ0) is 20.8. The number of rotatable bonds is 6. The van der Waals surface area contributed by atoms with Crippen LogP contribution < -0.4 is 18.9 Å². The number of methoxy groups -OCH3 is 4. The Labute approximate surface area is 175 Å². The smallest absolute Gasteiger partial charge is 0.186 e.